The van der Waals surface area contributed by atoms with E-state index >= 15 is 0 Å². The second-order valence-corrected chi connectivity index (χ2v) is 7.48. The summed E-state index contributed by atoms with van der Waals surface area (Å²) in [7, 11) is 2.94. The van der Waals surface area contributed by atoms with Crippen molar-refractivity contribution in [3.63, 3.8) is 0 Å². The van der Waals surface area contributed by atoms with Gasteiger partial charge in [0.1, 0.15) is 5.69 Å². The largest absolute Gasteiger partial charge is 0.433 e. The van der Waals surface area contributed by atoms with Crippen LogP contribution in [-0.4, -0.2) is 42.1 Å². The summed E-state index contributed by atoms with van der Waals surface area (Å²) in [6.07, 6.45) is -0.530. The first-order valence-electron chi connectivity index (χ1n) is 9.54. The van der Waals surface area contributed by atoms with E-state index in [9.17, 15) is 18.0 Å². The minimum atomic E-state index is -4.58. The molecule has 1 amide bonds. The highest BCUT2D eigenvalue weighted by atomic mass is 19.4. The first kappa shape index (κ1) is 20.2. The van der Waals surface area contributed by atoms with Crippen LogP contribution in [0.1, 0.15) is 52.9 Å². The molecule has 4 rings (SSSR count). The topological polar surface area (TPSA) is 82.0 Å². The van der Waals surface area contributed by atoms with Crippen LogP contribution in [0.15, 0.2) is 22.9 Å². The summed E-state index contributed by atoms with van der Waals surface area (Å²) < 4.78 is 47.1. The van der Waals surface area contributed by atoms with Gasteiger partial charge in [-0.05, 0) is 26.2 Å². The summed E-state index contributed by atoms with van der Waals surface area (Å²) in [6, 6.07) is 2.18. The number of rotatable bonds is 3. The minimum absolute atomic E-state index is 0.232. The Hall–Kier alpha value is -3.11. The Balaban J connectivity index is 1.71. The Bertz CT molecular complexity index is 1080. The molecule has 0 N–H and O–H groups in total. The molecule has 0 unspecified atom stereocenters. The number of hydrogen-bond donors (Lipinski definition) is 0. The highest BCUT2D eigenvalue weighted by Crippen LogP contribution is 2.37. The quantitative estimate of drug-likeness (QED) is 0.645. The van der Waals surface area contributed by atoms with E-state index in [2.05, 4.69) is 15.4 Å². The molecule has 0 aliphatic carbocycles. The van der Waals surface area contributed by atoms with Gasteiger partial charge in [0.2, 0.25) is 0 Å². The SMILES string of the molecule is Cc1cc(-c2cn(C)nc2[C@@H]2CCCCN2C(=O)c2cc(C(F)(F)F)n(C)n2)on1. The van der Waals surface area contributed by atoms with Gasteiger partial charge in [-0.2, -0.15) is 23.4 Å². The fourth-order valence-corrected chi connectivity index (χ4v) is 3.88. The third kappa shape index (κ3) is 3.59. The van der Waals surface area contributed by atoms with Gasteiger partial charge in [0.15, 0.2) is 11.5 Å². The first-order chi connectivity index (χ1) is 14.1. The minimum Gasteiger partial charge on any atom is -0.356 e. The summed E-state index contributed by atoms with van der Waals surface area (Å²) in [5.41, 5.74) is 0.859. The second-order valence-electron chi connectivity index (χ2n) is 7.48. The molecule has 1 fully saturated rings. The average molecular weight is 422 g/mol. The maximum absolute atomic E-state index is 13.1. The second kappa shape index (κ2) is 7.29. The number of carbonyl (C=O) groups is 1. The van der Waals surface area contributed by atoms with Gasteiger partial charge in [0.25, 0.3) is 5.91 Å². The lowest BCUT2D eigenvalue weighted by Crippen LogP contribution is -2.39. The van der Waals surface area contributed by atoms with Gasteiger partial charge in [0, 0.05) is 39.0 Å². The molecule has 11 heteroatoms. The van der Waals surface area contributed by atoms with Crippen LogP contribution in [0.4, 0.5) is 13.2 Å². The van der Waals surface area contributed by atoms with Crippen LogP contribution in [0.2, 0.25) is 0 Å². The van der Waals surface area contributed by atoms with E-state index in [4.69, 9.17) is 4.52 Å². The maximum Gasteiger partial charge on any atom is 0.433 e. The molecule has 30 heavy (non-hydrogen) atoms. The van der Waals surface area contributed by atoms with Gasteiger partial charge in [-0.3, -0.25) is 14.2 Å². The van der Waals surface area contributed by atoms with E-state index in [-0.39, 0.29) is 5.69 Å². The molecule has 3 aromatic rings. The number of hydrogen-bond acceptors (Lipinski definition) is 5. The molecular formula is C19H21F3N6O2. The van der Waals surface area contributed by atoms with Crippen LogP contribution in [0.25, 0.3) is 11.3 Å². The Labute approximate surface area is 170 Å². The number of carbonyl (C=O) groups excluding carboxylic acids is 1. The zero-order chi connectivity index (χ0) is 21.6. The molecule has 4 heterocycles. The Morgan fingerprint density at radius 3 is 2.60 bits per heavy atom. The van der Waals surface area contributed by atoms with Crippen molar-refractivity contribution in [3.05, 3.63) is 41.1 Å². The molecule has 3 aromatic heterocycles. The summed E-state index contributed by atoms with van der Waals surface area (Å²) >= 11 is 0. The number of piperidine rings is 1. The number of nitrogens with zero attached hydrogens (tertiary/aromatic N) is 6. The van der Waals surface area contributed by atoms with E-state index in [1.54, 1.807) is 35.8 Å². The van der Waals surface area contributed by atoms with Crippen LogP contribution in [0.5, 0.6) is 0 Å². The van der Waals surface area contributed by atoms with Crippen molar-refractivity contribution in [2.45, 2.75) is 38.4 Å². The highest BCUT2D eigenvalue weighted by Gasteiger charge is 2.38. The zero-order valence-electron chi connectivity index (χ0n) is 16.8. The van der Waals surface area contributed by atoms with Crippen molar-refractivity contribution in [3.8, 4) is 11.3 Å². The van der Waals surface area contributed by atoms with E-state index in [0.29, 0.717) is 40.4 Å². The van der Waals surface area contributed by atoms with Gasteiger partial charge < -0.3 is 9.42 Å². The van der Waals surface area contributed by atoms with Gasteiger partial charge >= 0.3 is 6.18 Å². The third-order valence-corrected chi connectivity index (χ3v) is 5.22. The Morgan fingerprint density at radius 1 is 1.20 bits per heavy atom. The number of aromatic nitrogens is 5. The van der Waals surface area contributed by atoms with Gasteiger partial charge in [0.05, 0.1) is 23.0 Å². The predicted octanol–water partition coefficient (Wildman–Crippen LogP) is 3.50. The number of alkyl halides is 3. The fourth-order valence-electron chi connectivity index (χ4n) is 3.88. The smallest absolute Gasteiger partial charge is 0.356 e. The van der Waals surface area contributed by atoms with E-state index in [1.807, 2.05) is 0 Å². The third-order valence-electron chi connectivity index (χ3n) is 5.22. The molecule has 8 nitrogen and oxygen atoms in total. The van der Waals surface area contributed by atoms with Crippen molar-refractivity contribution >= 4 is 5.91 Å². The van der Waals surface area contributed by atoms with Crippen LogP contribution in [-0.2, 0) is 20.3 Å². The standard InChI is InChI=1S/C19H21F3N6O2/c1-11-8-15(30-25-11)12-10-26(2)24-17(12)14-6-4-5-7-28(14)18(29)13-9-16(19(20,21)22)27(3)23-13/h8-10,14H,4-7H2,1-3H3/t14-/m0/s1. The monoisotopic (exact) mass is 422 g/mol. The lowest BCUT2D eigenvalue weighted by molar-refractivity contribution is -0.143. The van der Waals surface area contributed by atoms with Crippen molar-refractivity contribution in [1.29, 1.82) is 0 Å². The molecule has 0 radical (unpaired) electrons. The van der Waals surface area contributed by atoms with Gasteiger partial charge in [-0.25, -0.2) is 0 Å². The number of aryl methyl sites for hydroxylation is 3. The van der Waals surface area contributed by atoms with E-state index in [0.717, 1.165) is 18.9 Å². The average Bonchev–Trinajstić information content (AvgIpc) is 3.39. The number of amides is 1. The van der Waals surface area contributed by atoms with Crippen molar-refractivity contribution in [2.24, 2.45) is 14.1 Å². The highest BCUT2D eigenvalue weighted by molar-refractivity contribution is 5.93. The van der Waals surface area contributed by atoms with Crippen LogP contribution in [0, 0.1) is 6.92 Å². The molecule has 0 aromatic carbocycles. The summed E-state index contributed by atoms with van der Waals surface area (Å²) in [5, 5.41) is 12.3. The molecule has 1 atom stereocenters. The molecular weight excluding hydrogens is 401 g/mol. The Kier molecular flexibility index (Phi) is 4.91. The van der Waals surface area contributed by atoms with Crippen LogP contribution in [0.3, 0.4) is 0 Å². The molecule has 1 aliphatic heterocycles. The van der Waals surface area contributed by atoms with Crippen LogP contribution < -0.4 is 0 Å². The first-order valence-corrected chi connectivity index (χ1v) is 9.54. The van der Waals surface area contributed by atoms with Crippen LogP contribution >= 0.6 is 0 Å². The lowest BCUT2D eigenvalue weighted by Gasteiger charge is -2.34. The van der Waals surface area contributed by atoms with Crippen molar-refractivity contribution in [1.82, 2.24) is 29.6 Å². The zero-order valence-corrected chi connectivity index (χ0v) is 16.8. The summed E-state index contributed by atoms with van der Waals surface area (Å²) in [4.78, 5) is 14.7. The normalized spacial score (nSPS) is 17.5. The summed E-state index contributed by atoms with van der Waals surface area (Å²) in [6.45, 7) is 2.21. The number of halogens is 3. The van der Waals surface area contributed by atoms with Crippen molar-refractivity contribution < 1.29 is 22.5 Å². The van der Waals surface area contributed by atoms with E-state index in [1.165, 1.54) is 7.05 Å². The maximum atomic E-state index is 13.1. The number of likely N-dealkylation sites (tertiary alicyclic amines) is 1. The molecule has 0 bridgehead atoms. The molecule has 1 saturated heterocycles. The Morgan fingerprint density at radius 2 is 1.97 bits per heavy atom. The molecule has 0 spiro atoms. The molecule has 0 saturated carbocycles. The van der Waals surface area contributed by atoms with Gasteiger partial charge in [-0.1, -0.05) is 5.16 Å². The fraction of sp³-hybridized carbons (Fsp3) is 0.474. The van der Waals surface area contributed by atoms with Gasteiger partial charge in [-0.15, -0.1) is 0 Å². The summed E-state index contributed by atoms with van der Waals surface area (Å²) in [5.74, 6) is -0.0121. The lowest BCUT2D eigenvalue weighted by atomic mass is 9.96. The molecule has 1 aliphatic rings. The molecule has 160 valence electrons. The predicted molar refractivity (Wildman–Crippen MR) is 99.3 cm³/mol. The van der Waals surface area contributed by atoms with E-state index < -0.39 is 23.8 Å². The van der Waals surface area contributed by atoms with Crippen molar-refractivity contribution in [2.75, 3.05) is 6.54 Å².